The largest absolute Gasteiger partial charge is 0.480 e. The van der Waals surface area contributed by atoms with E-state index in [1.807, 2.05) is 11.8 Å². The summed E-state index contributed by atoms with van der Waals surface area (Å²) in [5.74, 6) is -0.587. The molecule has 7 heteroatoms. The molecule has 2 fully saturated rings. The van der Waals surface area contributed by atoms with Gasteiger partial charge in [0.1, 0.15) is 12.2 Å². The zero-order valence-electron chi connectivity index (χ0n) is 11.2. The number of nitrogens with zero attached hydrogens (tertiary/aromatic N) is 2. The first-order valence-electron chi connectivity index (χ1n) is 6.53. The van der Waals surface area contributed by atoms with Crippen LogP contribution in [0.2, 0.25) is 0 Å². The van der Waals surface area contributed by atoms with Gasteiger partial charge in [0.15, 0.2) is 0 Å². The zero-order valence-corrected chi connectivity index (χ0v) is 11.2. The highest BCUT2D eigenvalue weighted by molar-refractivity contribution is 5.76. The minimum absolute atomic E-state index is 0.00681. The fraction of sp³-hybridized carbons (Fsp3) is 0.833. The Labute approximate surface area is 112 Å². The summed E-state index contributed by atoms with van der Waals surface area (Å²) in [4.78, 5) is 26.1. The van der Waals surface area contributed by atoms with Gasteiger partial charge < -0.3 is 25.4 Å². The third-order valence-electron chi connectivity index (χ3n) is 3.75. The lowest BCUT2D eigenvalue weighted by molar-refractivity contribution is -0.160. The molecule has 0 saturated carbocycles. The summed E-state index contributed by atoms with van der Waals surface area (Å²) in [6.07, 6.45) is 0.961. The van der Waals surface area contributed by atoms with E-state index in [0.29, 0.717) is 25.6 Å². The van der Waals surface area contributed by atoms with Gasteiger partial charge in [0.05, 0.1) is 13.1 Å². The summed E-state index contributed by atoms with van der Waals surface area (Å²) < 4.78 is 5.28. The molecule has 2 heterocycles. The molecule has 108 valence electrons. The van der Waals surface area contributed by atoms with Gasteiger partial charge in [-0.05, 0) is 25.8 Å². The molecule has 19 heavy (non-hydrogen) atoms. The number of amides is 2. The van der Waals surface area contributed by atoms with Crippen molar-refractivity contribution < 1.29 is 19.4 Å². The highest BCUT2D eigenvalue weighted by Crippen LogP contribution is 2.27. The standard InChI is InChI=1S/C12H21N3O4/c1-12(19-6-10(16)17)7-15(8-12)11(18)14-3-2-9(4-13)5-14/h9H,2-8,13H2,1H3,(H,16,17). The van der Waals surface area contributed by atoms with Crippen LogP contribution in [-0.4, -0.2) is 71.8 Å². The number of carboxylic acid groups (broad SMARTS) is 1. The minimum atomic E-state index is -0.990. The van der Waals surface area contributed by atoms with Crippen molar-refractivity contribution in [3.8, 4) is 0 Å². The van der Waals surface area contributed by atoms with E-state index in [4.69, 9.17) is 15.6 Å². The van der Waals surface area contributed by atoms with Crippen molar-refractivity contribution >= 4 is 12.0 Å². The first-order valence-corrected chi connectivity index (χ1v) is 6.53. The van der Waals surface area contributed by atoms with Crippen molar-refractivity contribution in [3.05, 3.63) is 0 Å². The van der Waals surface area contributed by atoms with E-state index in [2.05, 4.69) is 0 Å². The molecular formula is C12H21N3O4. The Bertz CT molecular complexity index is 368. The van der Waals surface area contributed by atoms with Crippen molar-refractivity contribution in [1.82, 2.24) is 9.80 Å². The molecule has 2 rings (SSSR count). The van der Waals surface area contributed by atoms with Crippen LogP contribution in [0.1, 0.15) is 13.3 Å². The van der Waals surface area contributed by atoms with Gasteiger partial charge in [-0.3, -0.25) is 0 Å². The highest BCUT2D eigenvalue weighted by Gasteiger charge is 2.44. The van der Waals surface area contributed by atoms with E-state index in [0.717, 1.165) is 19.5 Å². The number of likely N-dealkylation sites (tertiary alicyclic amines) is 2. The van der Waals surface area contributed by atoms with Gasteiger partial charge in [0, 0.05) is 13.1 Å². The number of nitrogens with two attached hydrogens (primary N) is 1. The Morgan fingerprint density at radius 1 is 1.42 bits per heavy atom. The van der Waals surface area contributed by atoms with Gasteiger partial charge in [-0.25, -0.2) is 9.59 Å². The Kier molecular flexibility index (Phi) is 3.96. The first kappa shape index (κ1) is 14.1. The minimum Gasteiger partial charge on any atom is -0.480 e. The van der Waals surface area contributed by atoms with Gasteiger partial charge >= 0.3 is 12.0 Å². The van der Waals surface area contributed by atoms with Gasteiger partial charge in [0.25, 0.3) is 0 Å². The molecule has 1 unspecified atom stereocenters. The Hall–Kier alpha value is -1.34. The molecule has 2 aliphatic rings. The van der Waals surface area contributed by atoms with Crippen molar-refractivity contribution in [2.24, 2.45) is 11.7 Å². The van der Waals surface area contributed by atoms with Crippen LogP contribution >= 0.6 is 0 Å². The maximum absolute atomic E-state index is 12.2. The van der Waals surface area contributed by atoms with Gasteiger partial charge in [-0.2, -0.15) is 0 Å². The Morgan fingerprint density at radius 2 is 2.11 bits per heavy atom. The number of carbonyl (C=O) groups is 2. The first-order chi connectivity index (χ1) is 8.93. The molecule has 2 saturated heterocycles. The average molecular weight is 271 g/mol. The van der Waals surface area contributed by atoms with Crippen molar-refractivity contribution in [2.45, 2.75) is 18.9 Å². The fourth-order valence-electron chi connectivity index (χ4n) is 2.62. The molecule has 0 aromatic carbocycles. The number of carboxylic acids is 1. The highest BCUT2D eigenvalue weighted by atomic mass is 16.5. The van der Waals surface area contributed by atoms with Crippen LogP contribution < -0.4 is 5.73 Å². The van der Waals surface area contributed by atoms with Crippen molar-refractivity contribution in [3.63, 3.8) is 0 Å². The number of hydrogen-bond donors (Lipinski definition) is 2. The smallest absolute Gasteiger partial charge is 0.329 e. The van der Waals surface area contributed by atoms with E-state index in [9.17, 15) is 9.59 Å². The Morgan fingerprint density at radius 3 is 2.63 bits per heavy atom. The predicted molar refractivity (Wildman–Crippen MR) is 67.7 cm³/mol. The summed E-state index contributed by atoms with van der Waals surface area (Å²) in [5, 5.41) is 8.57. The van der Waals surface area contributed by atoms with E-state index in [-0.39, 0.29) is 12.6 Å². The second kappa shape index (κ2) is 5.34. The molecule has 3 N–H and O–H groups in total. The average Bonchev–Trinajstić information content (AvgIpc) is 2.80. The molecule has 2 amide bonds. The van der Waals surface area contributed by atoms with Crippen LogP contribution in [0, 0.1) is 5.92 Å². The maximum atomic E-state index is 12.2. The van der Waals surface area contributed by atoms with Crippen LogP contribution in [-0.2, 0) is 9.53 Å². The second-order valence-corrected chi connectivity index (χ2v) is 5.61. The van der Waals surface area contributed by atoms with Crippen LogP contribution in [0.15, 0.2) is 0 Å². The van der Waals surface area contributed by atoms with E-state index in [1.54, 1.807) is 4.90 Å². The van der Waals surface area contributed by atoms with Gasteiger partial charge in [0.2, 0.25) is 0 Å². The zero-order chi connectivity index (χ0) is 14.0. The maximum Gasteiger partial charge on any atom is 0.329 e. The number of carbonyl (C=O) groups excluding carboxylic acids is 1. The summed E-state index contributed by atoms with van der Waals surface area (Å²) >= 11 is 0. The van der Waals surface area contributed by atoms with Crippen LogP contribution in [0.4, 0.5) is 4.79 Å². The van der Waals surface area contributed by atoms with Crippen LogP contribution in [0.5, 0.6) is 0 Å². The lowest BCUT2D eigenvalue weighted by Crippen LogP contribution is -2.65. The molecule has 0 spiro atoms. The lowest BCUT2D eigenvalue weighted by atomic mass is 9.97. The molecule has 0 radical (unpaired) electrons. The quantitative estimate of drug-likeness (QED) is 0.723. The number of hydrogen-bond acceptors (Lipinski definition) is 4. The SMILES string of the molecule is CC1(OCC(=O)O)CN(C(=O)N2CCC(CN)C2)C1. The van der Waals surface area contributed by atoms with E-state index < -0.39 is 11.6 Å². The fourth-order valence-corrected chi connectivity index (χ4v) is 2.62. The topological polar surface area (TPSA) is 96.1 Å². The molecule has 0 bridgehead atoms. The van der Waals surface area contributed by atoms with E-state index >= 15 is 0 Å². The van der Waals surface area contributed by atoms with E-state index in [1.165, 1.54) is 0 Å². The van der Waals surface area contributed by atoms with Crippen molar-refractivity contribution in [2.75, 3.05) is 39.3 Å². The summed E-state index contributed by atoms with van der Waals surface area (Å²) in [7, 11) is 0. The normalized spacial score (nSPS) is 25.3. The molecule has 0 aromatic rings. The molecular weight excluding hydrogens is 250 g/mol. The Balaban J connectivity index is 1.77. The molecule has 7 nitrogen and oxygen atoms in total. The summed E-state index contributed by atoms with van der Waals surface area (Å²) in [6, 6.07) is 0.00681. The van der Waals surface area contributed by atoms with Gasteiger partial charge in [-0.1, -0.05) is 0 Å². The summed E-state index contributed by atoms with van der Waals surface area (Å²) in [6.45, 7) is 4.49. The van der Waals surface area contributed by atoms with Crippen LogP contribution in [0.25, 0.3) is 0 Å². The van der Waals surface area contributed by atoms with Gasteiger partial charge in [-0.15, -0.1) is 0 Å². The predicted octanol–water partition coefficient (Wildman–Crippen LogP) is -0.437. The number of aliphatic carboxylic acids is 1. The monoisotopic (exact) mass is 271 g/mol. The molecule has 0 aliphatic carbocycles. The number of urea groups is 1. The molecule has 1 atom stereocenters. The molecule has 0 aromatic heterocycles. The third kappa shape index (κ3) is 3.16. The molecule has 2 aliphatic heterocycles. The van der Waals surface area contributed by atoms with Crippen LogP contribution in [0.3, 0.4) is 0 Å². The second-order valence-electron chi connectivity index (χ2n) is 5.61. The number of ether oxygens (including phenoxy) is 1. The third-order valence-corrected chi connectivity index (χ3v) is 3.75. The van der Waals surface area contributed by atoms with Crippen molar-refractivity contribution in [1.29, 1.82) is 0 Å². The summed E-state index contributed by atoms with van der Waals surface area (Å²) in [5.41, 5.74) is 5.08. The lowest BCUT2D eigenvalue weighted by Gasteiger charge is -2.48. The number of rotatable bonds is 4.